The van der Waals surface area contributed by atoms with E-state index in [-0.39, 0.29) is 11.2 Å². The molecule has 112 valence electrons. The number of thiazole rings is 1. The number of carbonyl (C=O) groups excluding carboxylic acids is 2. The van der Waals surface area contributed by atoms with Crippen LogP contribution in [0.15, 0.2) is 5.38 Å². The molecule has 1 heterocycles. The van der Waals surface area contributed by atoms with Gasteiger partial charge >= 0.3 is 12.1 Å². The molecule has 7 heteroatoms. The van der Waals surface area contributed by atoms with E-state index in [1.807, 2.05) is 20.8 Å². The number of carbonyl (C=O) groups is 2. The van der Waals surface area contributed by atoms with Crippen molar-refractivity contribution in [2.45, 2.75) is 46.3 Å². The van der Waals surface area contributed by atoms with Crippen molar-refractivity contribution >= 4 is 23.4 Å². The van der Waals surface area contributed by atoms with Crippen LogP contribution in [0.1, 0.15) is 56.2 Å². The topological polar surface area (TPSA) is 77.5 Å². The summed E-state index contributed by atoms with van der Waals surface area (Å²) in [7, 11) is 0. The van der Waals surface area contributed by atoms with Gasteiger partial charge in [-0.05, 0) is 34.6 Å². The van der Waals surface area contributed by atoms with Crippen molar-refractivity contribution in [1.29, 1.82) is 0 Å². The lowest BCUT2D eigenvalue weighted by molar-refractivity contribution is 0.0519. The summed E-state index contributed by atoms with van der Waals surface area (Å²) in [5, 5.41) is 4.84. The molecule has 20 heavy (non-hydrogen) atoms. The quantitative estimate of drug-likeness (QED) is 0.865. The molecule has 0 fully saturated rings. The lowest BCUT2D eigenvalue weighted by Crippen LogP contribution is -2.41. The van der Waals surface area contributed by atoms with E-state index >= 15 is 0 Å². The minimum absolute atomic E-state index is 0.235. The average molecular weight is 300 g/mol. The van der Waals surface area contributed by atoms with Gasteiger partial charge in [-0.3, -0.25) is 0 Å². The molecule has 1 unspecified atom stereocenters. The number of hydrogen-bond donors (Lipinski definition) is 1. The van der Waals surface area contributed by atoms with Crippen molar-refractivity contribution in [2.75, 3.05) is 6.61 Å². The fraction of sp³-hybridized carbons (Fsp3) is 0.615. The van der Waals surface area contributed by atoms with E-state index in [4.69, 9.17) is 9.47 Å². The second-order valence-corrected chi connectivity index (χ2v) is 6.10. The number of alkyl carbamates (subject to hydrolysis) is 1. The summed E-state index contributed by atoms with van der Waals surface area (Å²) in [6, 6.07) is 0. The fourth-order valence-corrected chi connectivity index (χ4v) is 2.09. The molecule has 0 bridgehead atoms. The van der Waals surface area contributed by atoms with E-state index in [1.54, 1.807) is 19.2 Å². The predicted octanol–water partition coefficient (Wildman–Crippen LogP) is 2.91. The molecular weight excluding hydrogens is 280 g/mol. The van der Waals surface area contributed by atoms with Crippen molar-refractivity contribution in [2.24, 2.45) is 0 Å². The maximum absolute atomic E-state index is 11.6. The van der Waals surface area contributed by atoms with Gasteiger partial charge in [-0.2, -0.15) is 0 Å². The summed E-state index contributed by atoms with van der Waals surface area (Å²) in [5.74, 6) is -0.471. The van der Waals surface area contributed by atoms with Gasteiger partial charge in [-0.25, -0.2) is 14.6 Å². The Morgan fingerprint density at radius 2 is 2.10 bits per heavy atom. The van der Waals surface area contributed by atoms with E-state index in [0.29, 0.717) is 11.6 Å². The van der Waals surface area contributed by atoms with Gasteiger partial charge in [0.1, 0.15) is 5.01 Å². The number of nitrogens with one attached hydrogen (secondary N) is 1. The predicted molar refractivity (Wildman–Crippen MR) is 75.9 cm³/mol. The second-order valence-electron chi connectivity index (χ2n) is 5.21. The van der Waals surface area contributed by atoms with Crippen LogP contribution in [-0.4, -0.2) is 29.2 Å². The minimum atomic E-state index is -0.523. The summed E-state index contributed by atoms with van der Waals surface area (Å²) in [6.07, 6.45) is -1.04. The first-order valence-corrected chi connectivity index (χ1v) is 7.22. The lowest BCUT2D eigenvalue weighted by atomic mass is 10.1. The number of nitrogens with zero attached hydrogens (tertiary/aromatic N) is 1. The molecule has 1 rings (SSSR count). The minimum Gasteiger partial charge on any atom is -0.461 e. The molecule has 0 aromatic carbocycles. The van der Waals surface area contributed by atoms with Crippen molar-refractivity contribution in [3.63, 3.8) is 0 Å². The molecule has 1 atom stereocenters. The van der Waals surface area contributed by atoms with E-state index in [9.17, 15) is 9.59 Å². The first-order chi connectivity index (χ1) is 9.23. The van der Waals surface area contributed by atoms with Crippen LogP contribution in [0.3, 0.4) is 0 Å². The van der Waals surface area contributed by atoms with Crippen LogP contribution < -0.4 is 5.32 Å². The summed E-state index contributed by atoms with van der Waals surface area (Å²) < 4.78 is 10.1. The second kappa shape index (κ2) is 6.69. The van der Waals surface area contributed by atoms with Crippen LogP contribution in [0.25, 0.3) is 0 Å². The van der Waals surface area contributed by atoms with Crippen LogP contribution in [0.5, 0.6) is 0 Å². The van der Waals surface area contributed by atoms with E-state index in [1.165, 1.54) is 11.3 Å². The third kappa shape index (κ3) is 5.16. The van der Waals surface area contributed by atoms with Crippen LogP contribution in [0.2, 0.25) is 0 Å². The number of amides is 1. The molecule has 0 aliphatic rings. The van der Waals surface area contributed by atoms with Crippen LogP contribution in [0, 0.1) is 0 Å². The Balaban J connectivity index is 2.62. The molecule has 6 nitrogen and oxygen atoms in total. The first-order valence-electron chi connectivity index (χ1n) is 6.34. The fourth-order valence-electron chi connectivity index (χ4n) is 1.32. The Morgan fingerprint density at radius 1 is 1.45 bits per heavy atom. The van der Waals surface area contributed by atoms with Gasteiger partial charge in [0.05, 0.1) is 6.61 Å². The maximum Gasteiger partial charge on any atom is 0.408 e. The molecule has 0 radical (unpaired) electrons. The van der Waals surface area contributed by atoms with Gasteiger partial charge in [0, 0.05) is 10.9 Å². The van der Waals surface area contributed by atoms with Crippen molar-refractivity contribution in [1.82, 2.24) is 10.3 Å². The highest BCUT2D eigenvalue weighted by Gasteiger charge is 2.21. The Morgan fingerprint density at radius 3 is 2.65 bits per heavy atom. The number of ether oxygens (including phenoxy) is 2. The molecule has 0 spiro atoms. The summed E-state index contributed by atoms with van der Waals surface area (Å²) in [5.41, 5.74) is -0.131. The summed E-state index contributed by atoms with van der Waals surface area (Å²) in [6.45, 7) is 9.32. The van der Waals surface area contributed by atoms with Gasteiger partial charge in [0.25, 0.3) is 0 Å². The van der Waals surface area contributed by atoms with Gasteiger partial charge in [-0.1, -0.05) is 0 Å². The van der Waals surface area contributed by atoms with E-state index < -0.39 is 18.2 Å². The Bertz CT molecular complexity index is 479. The van der Waals surface area contributed by atoms with Gasteiger partial charge in [-0.15, -0.1) is 11.3 Å². The molecule has 0 aliphatic carbocycles. The van der Waals surface area contributed by atoms with Crippen LogP contribution >= 0.6 is 11.3 Å². The molecule has 0 saturated heterocycles. The van der Waals surface area contributed by atoms with E-state index in [2.05, 4.69) is 10.3 Å². The Hall–Kier alpha value is -1.63. The zero-order valence-corrected chi connectivity index (χ0v) is 13.2. The third-order valence-corrected chi connectivity index (χ3v) is 3.12. The normalized spacial score (nSPS) is 12.7. The maximum atomic E-state index is 11.6. The lowest BCUT2D eigenvalue weighted by Gasteiger charge is -2.21. The van der Waals surface area contributed by atoms with Crippen LogP contribution in [0.4, 0.5) is 4.79 Å². The zero-order chi connectivity index (χ0) is 15.3. The number of hydrogen-bond acceptors (Lipinski definition) is 6. The van der Waals surface area contributed by atoms with Gasteiger partial charge in [0.15, 0.2) is 11.8 Å². The van der Waals surface area contributed by atoms with Gasteiger partial charge < -0.3 is 14.8 Å². The highest BCUT2D eigenvalue weighted by molar-refractivity contribution is 7.09. The van der Waals surface area contributed by atoms with E-state index in [0.717, 1.165) is 0 Å². The number of aromatic nitrogens is 1. The molecule has 1 N–H and O–H groups in total. The van der Waals surface area contributed by atoms with Crippen molar-refractivity contribution < 1.29 is 19.1 Å². The summed E-state index contributed by atoms with van der Waals surface area (Å²) in [4.78, 5) is 27.2. The Kier molecular flexibility index (Phi) is 5.50. The smallest absolute Gasteiger partial charge is 0.408 e. The first kappa shape index (κ1) is 16.4. The van der Waals surface area contributed by atoms with Crippen molar-refractivity contribution in [3.8, 4) is 0 Å². The zero-order valence-electron chi connectivity index (χ0n) is 12.4. The molecule has 0 aliphatic heterocycles. The number of esters is 1. The highest BCUT2D eigenvalue weighted by Crippen LogP contribution is 2.22. The molecular formula is C13H20N2O4S. The third-order valence-electron chi connectivity index (χ3n) is 2.12. The van der Waals surface area contributed by atoms with Gasteiger partial charge in [0.2, 0.25) is 0 Å². The molecule has 0 saturated carbocycles. The van der Waals surface area contributed by atoms with Crippen molar-refractivity contribution in [3.05, 3.63) is 16.1 Å². The molecule has 1 aromatic heterocycles. The number of rotatable bonds is 4. The standard InChI is InChI=1S/C13H20N2O4S/c1-6-18-11(16)9-7-20-10(14-9)8(2)19-12(17)15-13(3,4)5/h7-8H,6H2,1-5H3,(H,15,17). The largest absolute Gasteiger partial charge is 0.461 e. The SMILES string of the molecule is CCOC(=O)c1csc(C(C)OC(=O)NC(C)(C)C)n1. The monoisotopic (exact) mass is 300 g/mol. The highest BCUT2D eigenvalue weighted by atomic mass is 32.1. The average Bonchev–Trinajstić information content (AvgIpc) is 2.75. The molecule has 1 amide bonds. The Labute approximate surface area is 122 Å². The molecule has 1 aromatic rings. The summed E-state index contributed by atoms with van der Waals surface area (Å²) >= 11 is 1.25. The van der Waals surface area contributed by atoms with Crippen LogP contribution in [-0.2, 0) is 9.47 Å².